The van der Waals surface area contributed by atoms with E-state index in [9.17, 15) is 9.59 Å². The fraction of sp³-hybridized carbons (Fsp3) is 0.600. The van der Waals surface area contributed by atoms with Crippen LogP contribution in [0.1, 0.15) is 44.9 Å². The molecule has 1 aromatic carbocycles. The van der Waals surface area contributed by atoms with Gasteiger partial charge in [0.25, 0.3) is 0 Å². The van der Waals surface area contributed by atoms with Crippen molar-refractivity contribution in [3.05, 3.63) is 30.3 Å². The number of carbonyl (C=O) groups excluding carboxylic acids is 2. The van der Waals surface area contributed by atoms with E-state index in [0.717, 1.165) is 24.9 Å². The number of carbonyl (C=O) groups is 2. The zero-order valence-corrected chi connectivity index (χ0v) is 14.9. The largest absolute Gasteiger partial charge is 0.467 e. The van der Waals surface area contributed by atoms with Crippen molar-refractivity contribution >= 4 is 17.6 Å². The van der Waals surface area contributed by atoms with E-state index < -0.39 is 6.04 Å². The Labute approximate surface area is 149 Å². The lowest BCUT2D eigenvalue weighted by molar-refractivity contribution is -0.151. The number of nitrogens with one attached hydrogen (secondary N) is 1. The standard InChI is InChI=1S/C20H28N2O3/c1-25-20(24)17-13-8-14-22(17)19(23)18(15-9-4-2-5-10-15)21-16-11-6-3-7-12-16/h3,6-7,11-12,15,17-18,21H,2,4-5,8-10,13-14H2,1H3/t17-,18?/m0/s1. The number of para-hydroxylation sites is 1. The Kier molecular flexibility index (Phi) is 5.95. The number of benzene rings is 1. The number of amides is 1. The Morgan fingerprint density at radius 3 is 2.48 bits per heavy atom. The minimum atomic E-state index is -0.429. The van der Waals surface area contributed by atoms with Crippen molar-refractivity contribution in [1.82, 2.24) is 4.90 Å². The van der Waals surface area contributed by atoms with Crippen LogP contribution >= 0.6 is 0 Å². The van der Waals surface area contributed by atoms with E-state index >= 15 is 0 Å². The maximum absolute atomic E-state index is 13.3. The molecule has 25 heavy (non-hydrogen) atoms. The molecule has 3 rings (SSSR count). The molecule has 0 bridgehead atoms. The van der Waals surface area contributed by atoms with E-state index in [1.165, 1.54) is 26.4 Å². The van der Waals surface area contributed by atoms with Crippen molar-refractivity contribution in [2.24, 2.45) is 5.92 Å². The predicted molar refractivity (Wildman–Crippen MR) is 97.2 cm³/mol. The zero-order chi connectivity index (χ0) is 17.6. The molecule has 2 fully saturated rings. The highest BCUT2D eigenvalue weighted by molar-refractivity contribution is 5.90. The average Bonchev–Trinajstić information content (AvgIpc) is 3.16. The lowest BCUT2D eigenvalue weighted by Gasteiger charge is -2.34. The van der Waals surface area contributed by atoms with Crippen LogP contribution in [0, 0.1) is 5.92 Å². The molecule has 1 aliphatic heterocycles. The molecule has 2 atom stereocenters. The number of hydrogen-bond donors (Lipinski definition) is 1. The summed E-state index contributed by atoms with van der Waals surface area (Å²) in [6.45, 7) is 0.637. The van der Waals surface area contributed by atoms with Gasteiger partial charge in [-0.25, -0.2) is 4.79 Å². The van der Waals surface area contributed by atoms with Crippen molar-refractivity contribution in [1.29, 1.82) is 0 Å². The van der Waals surface area contributed by atoms with Gasteiger partial charge in [0.2, 0.25) is 5.91 Å². The van der Waals surface area contributed by atoms with Gasteiger partial charge in [-0.15, -0.1) is 0 Å². The van der Waals surface area contributed by atoms with Gasteiger partial charge in [-0.1, -0.05) is 37.5 Å². The van der Waals surface area contributed by atoms with Crippen LogP contribution < -0.4 is 5.32 Å². The Morgan fingerprint density at radius 1 is 1.08 bits per heavy atom. The maximum Gasteiger partial charge on any atom is 0.328 e. The number of rotatable bonds is 5. The minimum absolute atomic E-state index is 0.0450. The number of nitrogens with zero attached hydrogens (tertiary/aromatic N) is 1. The molecule has 1 N–H and O–H groups in total. The first-order valence-corrected chi connectivity index (χ1v) is 9.40. The normalized spacial score (nSPS) is 22.4. The van der Waals surface area contributed by atoms with Gasteiger partial charge in [-0.05, 0) is 43.7 Å². The molecule has 1 aromatic rings. The molecule has 1 amide bonds. The molecule has 0 spiro atoms. The quantitative estimate of drug-likeness (QED) is 0.833. The second-order valence-electron chi connectivity index (χ2n) is 7.10. The summed E-state index contributed by atoms with van der Waals surface area (Å²) in [5, 5.41) is 3.46. The Bertz CT molecular complexity index is 584. The number of anilines is 1. The van der Waals surface area contributed by atoms with Crippen LogP contribution in [0.5, 0.6) is 0 Å². The summed E-state index contributed by atoms with van der Waals surface area (Å²) < 4.78 is 4.90. The molecule has 1 heterocycles. The van der Waals surface area contributed by atoms with Crippen LogP contribution in [-0.4, -0.2) is 42.5 Å². The van der Waals surface area contributed by atoms with E-state index in [-0.39, 0.29) is 17.9 Å². The summed E-state index contributed by atoms with van der Waals surface area (Å²) in [4.78, 5) is 27.1. The van der Waals surface area contributed by atoms with Crippen molar-refractivity contribution < 1.29 is 14.3 Å². The number of likely N-dealkylation sites (tertiary alicyclic amines) is 1. The second-order valence-corrected chi connectivity index (χ2v) is 7.10. The molecule has 1 saturated heterocycles. The summed E-state index contributed by atoms with van der Waals surface area (Å²) in [5.74, 6) is 0.0666. The molecule has 2 aliphatic rings. The highest BCUT2D eigenvalue weighted by Crippen LogP contribution is 2.31. The van der Waals surface area contributed by atoms with Crippen LogP contribution in [0.2, 0.25) is 0 Å². The first-order valence-electron chi connectivity index (χ1n) is 9.40. The number of methoxy groups -OCH3 is 1. The van der Waals surface area contributed by atoms with Crippen LogP contribution in [-0.2, 0) is 14.3 Å². The number of hydrogen-bond acceptors (Lipinski definition) is 4. The SMILES string of the molecule is COC(=O)[C@@H]1CCCN1C(=O)C(Nc1ccccc1)C1CCCCC1. The van der Waals surface area contributed by atoms with Gasteiger partial charge in [0.05, 0.1) is 7.11 Å². The van der Waals surface area contributed by atoms with Gasteiger partial charge in [-0.2, -0.15) is 0 Å². The molecule has 1 saturated carbocycles. The van der Waals surface area contributed by atoms with Gasteiger partial charge in [0.1, 0.15) is 12.1 Å². The van der Waals surface area contributed by atoms with Gasteiger partial charge >= 0.3 is 5.97 Å². The highest BCUT2D eigenvalue weighted by Gasteiger charge is 2.40. The van der Waals surface area contributed by atoms with Crippen LogP contribution in [0.15, 0.2) is 30.3 Å². The molecule has 1 unspecified atom stereocenters. The summed E-state index contributed by atoms with van der Waals surface area (Å²) >= 11 is 0. The van der Waals surface area contributed by atoms with Crippen molar-refractivity contribution in [2.75, 3.05) is 19.0 Å². The molecule has 0 aromatic heterocycles. The molecule has 1 aliphatic carbocycles. The van der Waals surface area contributed by atoms with Gasteiger partial charge in [-0.3, -0.25) is 4.79 Å². The van der Waals surface area contributed by atoms with Crippen molar-refractivity contribution in [3.63, 3.8) is 0 Å². The molecule has 136 valence electrons. The smallest absolute Gasteiger partial charge is 0.328 e. The average molecular weight is 344 g/mol. The first kappa shape index (κ1) is 17.8. The van der Waals surface area contributed by atoms with E-state index in [1.807, 2.05) is 30.3 Å². The molecular formula is C20H28N2O3. The van der Waals surface area contributed by atoms with Gasteiger partial charge < -0.3 is 15.0 Å². The molecule has 5 heteroatoms. The Morgan fingerprint density at radius 2 is 1.80 bits per heavy atom. The Balaban J connectivity index is 1.79. The summed E-state index contributed by atoms with van der Waals surface area (Å²) in [6, 6.07) is 9.19. The van der Waals surface area contributed by atoms with Crippen LogP contribution in [0.4, 0.5) is 5.69 Å². The number of ether oxygens (including phenoxy) is 1. The third-order valence-corrected chi connectivity index (χ3v) is 5.49. The van der Waals surface area contributed by atoms with E-state index in [4.69, 9.17) is 4.74 Å². The van der Waals surface area contributed by atoms with Crippen LogP contribution in [0.25, 0.3) is 0 Å². The van der Waals surface area contributed by atoms with E-state index in [2.05, 4.69) is 5.32 Å². The third-order valence-electron chi connectivity index (χ3n) is 5.49. The lowest BCUT2D eigenvalue weighted by atomic mass is 9.83. The van der Waals surface area contributed by atoms with Crippen LogP contribution in [0.3, 0.4) is 0 Å². The summed E-state index contributed by atoms with van der Waals surface area (Å²) in [5.41, 5.74) is 0.959. The monoisotopic (exact) mass is 344 g/mol. The number of esters is 1. The predicted octanol–water partition coefficient (Wildman–Crippen LogP) is 3.21. The van der Waals surface area contributed by atoms with Gasteiger partial charge in [0, 0.05) is 12.2 Å². The van der Waals surface area contributed by atoms with Gasteiger partial charge in [0.15, 0.2) is 0 Å². The first-order chi connectivity index (χ1) is 12.2. The van der Waals surface area contributed by atoms with E-state index in [1.54, 1.807) is 4.90 Å². The fourth-order valence-corrected chi connectivity index (χ4v) is 4.15. The summed E-state index contributed by atoms with van der Waals surface area (Å²) in [6.07, 6.45) is 7.27. The second kappa shape index (κ2) is 8.37. The lowest BCUT2D eigenvalue weighted by Crippen LogP contribution is -2.51. The molecule has 0 radical (unpaired) electrons. The minimum Gasteiger partial charge on any atom is -0.467 e. The third kappa shape index (κ3) is 4.14. The molecular weight excluding hydrogens is 316 g/mol. The zero-order valence-electron chi connectivity index (χ0n) is 14.9. The topological polar surface area (TPSA) is 58.6 Å². The van der Waals surface area contributed by atoms with Crippen molar-refractivity contribution in [3.8, 4) is 0 Å². The molecule has 5 nitrogen and oxygen atoms in total. The van der Waals surface area contributed by atoms with E-state index in [0.29, 0.717) is 18.9 Å². The maximum atomic E-state index is 13.3. The fourth-order valence-electron chi connectivity index (χ4n) is 4.15. The van der Waals surface area contributed by atoms with Crippen molar-refractivity contribution in [2.45, 2.75) is 57.0 Å². The summed E-state index contributed by atoms with van der Waals surface area (Å²) in [7, 11) is 1.39. The Hall–Kier alpha value is -2.04. The highest BCUT2D eigenvalue weighted by atomic mass is 16.5.